The van der Waals surface area contributed by atoms with E-state index in [0.717, 1.165) is 6.42 Å². The SMILES string of the molecule is CCCCCCCCCCC(NC)C(OC)OC. The van der Waals surface area contributed by atoms with Crippen molar-refractivity contribution in [2.24, 2.45) is 0 Å². The largest absolute Gasteiger partial charge is 0.354 e. The van der Waals surface area contributed by atoms with Crippen molar-refractivity contribution >= 4 is 0 Å². The molecule has 0 radical (unpaired) electrons. The van der Waals surface area contributed by atoms with Crippen molar-refractivity contribution in [3.05, 3.63) is 0 Å². The van der Waals surface area contributed by atoms with Crippen LogP contribution in [0.15, 0.2) is 0 Å². The van der Waals surface area contributed by atoms with Crippen LogP contribution in [-0.2, 0) is 9.47 Å². The van der Waals surface area contributed by atoms with Crippen LogP contribution in [0.3, 0.4) is 0 Å². The summed E-state index contributed by atoms with van der Waals surface area (Å²) in [5.74, 6) is 0. The first-order chi connectivity index (χ1) is 8.79. The first-order valence-corrected chi connectivity index (χ1v) is 7.53. The van der Waals surface area contributed by atoms with Crippen LogP contribution < -0.4 is 5.32 Å². The van der Waals surface area contributed by atoms with Crippen molar-refractivity contribution in [1.29, 1.82) is 0 Å². The number of hydrogen-bond acceptors (Lipinski definition) is 3. The average Bonchev–Trinajstić information content (AvgIpc) is 2.40. The minimum atomic E-state index is -0.125. The molecule has 0 saturated heterocycles. The third-order valence-corrected chi connectivity index (χ3v) is 3.53. The van der Waals surface area contributed by atoms with Crippen LogP contribution in [0.4, 0.5) is 0 Å². The van der Waals surface area contributed by atoms with Crippen molar-refractivity contribution in [2.45, 2.75) is 77.0 Å². The van der Waals surface area contributed by atoms with Gasteiger partial charge in [0.25, 0.3) is 0 Å². The van der Waals surface area contributed by atoms with Crippen LogP contribution in [0.25, 0.3) is 0 Å². The van der Waals surface area contributed by atoms with Crippen molar-refractivity contribution in [1.82, 2.24) is 5.32 Å². The summed E-state index contributed by atoms with van der Waals surface area (Å²) in [6.07, 6.45) is 11.9. The number of ether oxygens (including phenoxy) is 2. The molecule has 0 aliphatic rings. The van der Waals surface area contributed by atoms with E-state index in [0.29, 0.717) is 6.04 Å². The van der Waals surface area contributed by atoms with Crippen LogP contribution in [0.5, 0.6) is 0 Å². The second kappa shape index (κ2) is 13.3. The lowest BCUT2D eigenvalue weighted by atomic mass is 10.0. The highest BCUT2D eigenvalue weighted by Gasteiger charge is 2.17. The highest BCUT2D eigenvalue weighted by atomic mass is 16.7. The molecule has 110 valence electrons. The van der Waals surface area contributed by atoms with Crippen LogP contribution in [-0.4, -0.2) is 33.6 Å². The highest BCUT2D eigenvalue weighted by molar-refractivity contribution is 4.68. The van der Waals surface area contributed by atoms with Gasteiger partial charge in [-0.1, -0.05) is 58.3 Å². The van der Waals surface area contributed by atoms with Crippen LogP contribution in [0.2, 0.25) is 0 Å². The Hall–Kier alpha value is -0.120. The standard InChI is InChI=1S/C15H33NO2/c1-5-6-7-8-9-10-11-12-13-14(16-2)15(17-3)18-4/h14-16H,5-13H2,1-4H3. The van der Waals surface area contributed by atoms with E-state index >= 15 is 0 Å². The average molecular weight is 259 g/mol. The van der Waals surface area contributed by atoms with Crippen molar-refractivity contribution in [2.75, 3.05) is 21.3 Å². The van der Waals surface area contributed by atoms with Gasteiger partial charge < -0.3 is 14.8 Å². The lowest BCUT2D eigenvalue weighted by molar-refractivity contribution is -0.123. The molecule has 3 heteroatoms. The minimum absolute atomic E-state index is 0.125. The van der Waals surface area contributed by atoms with Crippen LogP contribution in [0.1, 0.15) is 64.7 Å². The Bertz CT molecular complexity index is 161. The smallest absolute Gasteiger partial charge is 0.171 e. The predicted molar refractivity (Wildman–Crippen MR) is 77.9 cm³/mol. The zero-order valence-corrected chi connectivity index (χ0v) is 12.8. The predicted octanol–water partition coefficient (Wildman–Crippen LogP) is 3.72. The second-order valence-corrected chi connectivity index (χ2v) is 5.00. The number of hydrogen-bond donors (Lipinski definition) is 1. The van der Waals surface area contributed by atoms with E-state index in [-0.39, 0.29) is 6.29 Å². The van der Waals surface area contributed by atoms with Gasteiger partial charge in [-0.05, 0) is 13.5 Å². The van der Waals surface area contributed by atoms with Gasteiger partial charge in [0.2, 0.25) is 0 Å². The van der Waals surface area contributed by atoms with E-state index in [4.69, 9.17) is 9.47 Å². The van der Waals surface area contributed by atoms with E-state index < -0.39 is 0 Å². The Morgan fingerprint density at radius 2 is 1.33 bits per heavy atom. The number of likely N-dealkylation sites (N-methyl/N-ethyl adjacent to an activating group) is 1. The van der Waals surface area contributed by atoms with E-state index in [1.165, 1.54) is 51.4 Å². The Labute approximate surface area is 114 Å². The molecule has 0 aromatic heterocycles. The quantitative estimate of drug-likeness (QED) is 0.404. The summed E-state index contributed by atoms with van der Waals surface area (Å²) < 4.78 is 10.6. The third-order valence-electron chi connectivity index (χ3n) is 3.53. The maximum atomic E-state index is 5.29. The van der Waals surface area contributed by atoms with Gasteiger partial charge in [-0.2, -0.15) is 0 Å². The fourth-order valence-electron chi connectivity index (χ4n) is 2.34. The summed E-state index contributed by atoms with van der Waals surface area (Å²) in [4.78, 5) is 0. The molecule has 1 N–H and O–H groups in total. The van der Waals surface area contributed by atoms with Gasteiger partial charge in [0.05, 0.1) is 6.04 Å². The molecule has 0 heterocycles. The Kier molecular flexibility index (Phi) is 13.2. The van der Waals surface area contributed by atoms with E-state index in [1.54, 1.807) is 14.2 Å². The molecule has 0 aromatic carbocycles. The molecule has 0 saturated carbocycles. The van der Waals surface area contributed by atoms with Gasteiger partial charge >= 0.3 is 0 Å². The zero-order valence-electron chi connectivity index (χ0n) is 12.8. The summed E-state index contributed by atoms with van der Waals surface area (Å²) in [5.41, 5.74) is 0. The first kappa shape index (κ1) is 17.9. The van der Waals surface area contributed by atoms with E-state index in [2.05, 4.69) is 12.2 Å². The highest BCUT2D eigenvalue weighted by Crippen LogP contribution is 2.12. The molecule has 1 unspecified atom stereocenters. The number of rotatable bonds is 13. The normalized spacial score (nSPS) is 13.2. The van der Waals surface area contributed by atoms with Crippen molar-refractivity contribution in [3.63, 3.8) is 0 Å². The second-order valence-electron chi connectivity index (χ2n) is 5.00. The number of nitrogens with one attached hydrogen (secondary N) is 1. The monoisotopic (exact) mass is 259 g/mol. The number of methoxy groups -OCH3 is 2. The Balaban J connectivity index is 3.45. The molecule has 0 aliphatic heterocycles. The molecule has 0 aliphatic carbocycles. The lowest BCUT2D eigenvalue weighted by Crippen LogP contribution is -2.39. The molecule has 0 fully saturated rings. The molecule has 0 amide bonds. The summed E-state index contributed by atoms with van der Waals surface area (Å²) >= 11 is 0. The lowest BCUT2D eigenvalue weighted by Gasteiger charge is -2.24. The topological polar surface area (TPSA) is 30.5 Å². The van der Waals surface area contributed by atoms with Gasteiger partial charge in [-0.15, -0.1) is 0 Å². The fraction of sp³-hybridized carbons (Fsp3) is 1.00. The minimum Gasteiger partial charge on any atom is -0.354 e. The fourth-order valence-corrected chi connectivity index (χ4v) is 2.34. The van der Waals surface area contributed by atoms with Gasteiger partial charge in [-0.3, -0.25) is 0 Å². The van der Waals surface area contributed by atoms with E-state index in [1.807, 2.05) is 7.05 Å². The first-order valence-electron chi connectivity index (χ1n) is 7.53. The maximum absolute atomic E-state index is 5.29. The third kappa shape index (κ3) is 8.90. The summed E-state index contributed by atoms with van der Waals surface area (Å²) in [7, 11) is 5.37. The zero-order chi connectivity index (χ0) is 13.6. The molecule has 0 aromatic rings. The van der Waals surface area contributed by atoms with Crippen LogP contribution in [0, 0.1) is 0 Å². The summed E-state index contributed by atoms with van der Waals surface area (Å²) in [6.45, 7) is 2.26. The van der Waals surface area contributed by atoms with Crippen molar-refractivity contribution in [3.8, 4) is 0 Å². The molecule has 0 rings (SSSR count). The molecule has 0 bridgehead atoms. The van der Waals surface area contributed by atoms with Gasteiger partial charge in [-0.25, -0.2) is 0 Å². The van der Waals surface area contributed by atoms with Gasteiger partial charge in [0.15, 0.2) is 6.29 Å². The molecule has 0 spiro atoms. The van der Waals surface area contributed by atoms with Gasteiger partial charge in [0, 0.05) is 14.2 Å². The molecule has 1 atom stereocenters. The Morgan fingerprint density at radius 3 is 1.78 bits per heavy atom. The molecular weight excluding hydrogens is 226 g/mol. The molecule has 3 nitrogen and oxygen atoms in total. The maximum Gasteiger partial charge on any atom is 0.171 e. The van der Waals surface area contributed by atoms with Gasteiger partial charge in [0.1, 0.15) is 0 Å². The number of unbranched alkanes of at least 4 members (excludes halogenated alkanes) is 7. The van der Waals surface area contributed by atoms with Crippen molar-refractivity contribution < 1.29 is 9.47 Å². The summed E-state index contributed by atoms with van der Waals surface area (Å²) in [5, 5.41) is 3.27. The Morgan fingerprint density at radius 1 is 0.833 bits per heavy atom. The van der Waals surface area contributed by atoms with Crippen LogP contribution >= 0.6 is 0 Å². The van der Waals surface area contributed by atoms with E-state index in [9.17, 15) is 0 Å². The summed E-state index contributed by atoms with van der Waals surface area (Å²) in [6, 6.07) is 0.306. The molecule has 18 heavy (non-hydrogen) atoms. The molecular formula is C15H33NO2.